The molecular weight excluding hydrogens is 268 g/mol. The standard InChI is InChI=1S/C16H24N2OS/c19-15(11-10-12-6-2-1-3-7-12)18-16-17-13-8-4-5-9-14(13)20-16/h12H,1-11H2,(H,17,18,19). The predicted octanol–water partition coefficient (Wildman–Crippen LogP) is 4.32. The largest absolute Gasteiger partial charge is 0.302 e. The Bertz CT molecular complexity index is 440. The maximum absolute atomic E-state index is 12.0. The molecule has 0 bridgehead atoms. The number of hydrogen-bond acceptors (Lipinski definition) is 3. The van der Waals surface area contributed by atoms with Crippen molar-refractivity contribution in [1.29, 1.82) is 0 Å². The van der Waals surface area contributed by atoms with Crippen LogP contribution in [0.4, 0.5) is 5.13 Å². The van der Waals surface area contributed by atoms with E-state index in [1.54, 1.807) is 11.3 Å². The van der Waals surface area contributed by atoms with Crippen LogP contribution in [-0.4, -0.2) is 10.9 Å². The highest BCUT2D eigenvalue weighted by molar-refractivity contribution is 7.15. The first kappa shape index (κ1) is 14.1. The van der Waals surface area contributed by atoms with Crippen LogP contribution in [-0.2, 0) is 17.6 Å². The molecule has 0 atom stereocenters. The molecule has 0 saturated heterocycles. The van der Waals surface area contributed by atoms with Gasteiger partial charge in [-0.05, 0) is 38.0 Å². The number of nitrogens with zero attached hydrogens (tertiary/aromatic N) is 1. The van der Waals surface area contributed by atoms with Crippen molar-refractivity contribution in [1.82, 2.24) is 4.98 Å². The van der Waals surface area contributed by atoms with Gasteiger partial charge in [0.2, 0.25) is 5.91 Å². The average Bonchev–Trinajstić information content (AvgIpc) is 2.88. The van der Waals surface area contributed by atoms with Crippen molar-refractivity contribution < 1.29 is 4.79 Å². The summed E-state index contributed by atoms with van der Waals surface area (Å²) in [7, 11) is 0. The van der Waals surface area contributed by atoms with Crippen molar-refractivity contribution in [3.63, 3.8) is 0 Å². The van der Waals surface area contributed by atoms with Crippen molar-refractivity contribution in [2.45, 2.75) is 70.6 Å². The van der Waals surface area contributed by atoms with Gasteiger partial charge in [0.05, 0.1) is 5.69 Å². The van der Waals surface area contributed by atoms with Crippen LogP contribution >= 0.6 is 11.3 Å². The first-order chi connectivity index (χ1) is 9.81. The fourth-order valence-electron chi connectivity index (χ4n) is 3.40. The number of fused-ring (bicyclic) bond motifs is 1. The minimum absolute atomic E-state index is 0.154. The number of rotatable bonds is 4. The molecule has 20 heavy (non-hydrogen) atoms. The molecule has 1 aromatic heterocycles. The third-order valence-electron chi connectivity index (χ3n) is 4.60. The minimum atomic E-state index is 0.154. The van der Waals surface area contributed by atoms with Gasteiger partial charge in [-0.2, -0.15) is 0 Å². The summed E-state index contributed by atoms with van der Waals surface area (Å²) in [4.78, 5) is 18.0. The van der Waals surface area contributed by atoms with Crippen LogP contribution in [0.15, 0.2) is 0 Å². The van der Waals surface area contributed by atoms with Gasteiger partial charge in [0.1, 0.15) is 0 Å². The zero-order valence-corrected chi connectivity index (χ0v) is 12.9. The second kappa shape index (κ2) is 6.70. The van der Waals surface area contributed by atoms with E-state index < -0.39 is 0 Å². The van der Waals surface area contributed by atoms with E-state index in [1.807, 2.05) is 0 Å². The van der Waals surface area contributed by atoms with E-state index in [0.717, 1.165) is 30.3 Å². The molecule has 0 radical (unpaired) electrons. The predicted molar refractivity (Wildman–Crippen MR) is 83.2 cm³/mol. The van der Waals surface area contributed by atoms with Gasteiger partial charge in [-0.25, -0.2) is 4.98 Å². The first-order valence-corrected chi connectivity index (χ1v) is 8.91. The summed E-state index contributed by atoms with van der Waals surface area (Å²) in [5.41, 5.74) is 1.23. The zero-order valence-electron chi connectivity index (χ0n) is 12.1. The summed E-state index contributed by atoms with van der Waals surface area (Å²) >= 11 is 1.68. The Morgan fingerprint density at radius 1 is 1.15 bits per heavy atom. The van der Waals surface area contributed by atoms with Gasteiger partial charge in [0, 0.05) is 11.3 Å². The molecular formula is C16H24N2OS. The Hall–Kier alpha value is -0.900. The Balaban J connectivity index is 1.47. The second-order valence-corrected chi connectivity index (χ2v) is 7.27. The Kier molecular flexibility index (Phi) is 4.71. The van der Waals surface area contributed by atoms with Crippen LogP contribution in [0.1, 0.15) is 68.4 Å². The lowest BCUT2D eigenvalue weighted by Gasteiger charge is -2.20. The van der Waals surface area contributed by atoms with Gasteiger partial charge >= 0.3 is 0 Å². The van der Waals surface area contributed by atoms with E-state index in [0.29, 0.717) is 6.42 Å². The summed E-state index contributed by atoms with van der Waals surface area (Å²) in [5.74, 6) is 0.931. The third-order valence-corrected chi connectivity index (χ3v) is 5.67. The lowest BCUT2D eigenvalue weighted by atomic mass is 9.86. The summed E-state index contributed by atoms with van der Waals surface area (Å²) in [6.07, 6.45) is 13.2. The topological polar surface area (TPSA) is 42.0 Å². The Morgan fingerprint density at radius 2 is 1.95 bits per heavy atom. The fourth-order valence-corrected chi connectivity index (χ4v) is 4.46. The van der Waals surface area contributed by atoms with Crippen molar-refractivity contribution >= 4 is 22.4 Å². The molecule has 0 aliphatic heterocycles. The van der Waals surface area contributed by atoms with Gasteiger partial charge in [-0.1, -0.05) is 32.1 Å². The SMILES string of the molecule is O=C(CCC1CCCCC1)Nc1nc2c(s1)CCCC2. The number of nitrogens with one attached hydrogen (secondary N) is 1. The molecule has 0 aromatic carbocycles. The molecule has 1 saturated carbocycles. The highest BCUT2D eigenvalue weighted by atomic mass is 32.1. The Morgan fingerprint density at radius 3 is 2.75 bits per heavy atom. The molecule has 2 aliphatic carbocycles. The van der Waals surface area contributed by atoms with Crippen LogP contribution in [0.5, 0.6) is 0 Å². The number of hydrogen-bond donors (Lipinski definition) is 1. The quantitative estimate of drug-likeness (QED) is 0.898. The van der Waals surface area contributed by atoms with Crippen LogP contribution in [0.25, 0.3) is 0 Å². The molecule has 4 heteroatoms. The van der Waals surface area contributed by atoms with E-state index in [4.69, 9.17) is 0 Å². The Labute approximate surface area is 125 Å². The molecule has 3 nitrogen and oxygen atoms in total. The van der Waals surface area contributed by atoms with Crippen LogP contribution in [0.3, 0.4) is 0 Å². The van der Waals surface area contributed by atoms with Crippen molar-refractivity contribution in [3.8, 4) is 0 Å². The van der Waals surface area contributed by atoms with Gasteiger partial charge in [-0.3, -0.25) is 4.79 Å². The van der Waals surface area contributed by atoms with Gasteiger partial charge in [0.25, 0.3) is 0 Å². The van der Waals surface area contributed by atoms with Crippen LogP contribution in [0.2, 0.25) is 0 Å². The van der Waals surface area contributed by atoms with Crippen LogP contribution in [0, 0.1) is 5.92 Å². The number of anilines is 1. The number of carbonyl (C=O) groups excluding carboxylic acids is 1. The lowest BCUT2D eigenvalue weighted by molar-refractivity contribution is -0.116. The normalized spacial score (nSPS) is 19.6. The monoisotopic (exact) mass is 292 g/mol. The summed E-state index contributed by atoms with van der Waals surface area (Å²) in [5, 5.41) is 3.83. The molecule has 3 rings (SSSR count). The molecule has 0 spiro atoms. The second-order valence-electron chi connectivity index (χ2n) is 6.19. The molecule has 1 fully saturated rings. The smallest absolute Gasteiger partial charge is 0.226 e. The molecule has 1 aromatic rings. The van der Waals surface area contributed by atoms with Gasteiger partial charge in [-0.15, -0.1) is 11.3 Å². The van der Waals surface area contributed by atoms with Crippen LogP contribution < -0.4 is 5.32 Å². The number of aryl methyl sites for hydroxylation is 2. The summed E-state index contributed by atoms with van der Waals surface area (Å²) in [6.45, 7) is 0. The van der Waals surface area contributed by atoms with Crippen molar-refractivity contribution in [2.75, 3.05) is 5.32 Å². The lowest BCUT2D eigenvalue weighted by Crippen LogP contribution is -2.14. The molecule has 2 aliphatic rings. The van der Waals surface area contributed by atoms with E-state index in [1.165, 1.54) is 55.5 Å². The number of aromatic nitrogens is 1. The van der Waals surface area contributed by atoms with E-state index in [-0.39, 0.29) is 5.91 Å². The number of carbonyl (C=O) groups is 1. The molecule has 110 valence electrons. The number of thiazole rings is 1. The van der Waals surface area contributed by atoms with Crippen molar-refractivity contribution in [3.05, 3.63) is 10.6 Å². The summed E-state index contributed by atoms with van der Waals surface area (Å²) in [6, 6.07) is 0. The third kappa shape index (κ3) is 3.60. The molecule has 1 heterocycles. The van der Waals surface area contributed by atoms with E-state index in [2.05, 4.69) is 10.3 Å². The zero-order chi connectivity index (χ0) is 13.8. The maximum Gasteiger partial charge on any atom is 0.226 e. The average molecular weight is 292 g/mol. The minimum Gasteiger partial charge on any atom is -0.302 e. The summed E-state index contributed by atoms with van der Waals surface area (Å²) < 4.78 is 0. The van der Waals surface area contributed by atoms with Gasteiger partial charge < -0.3 is 5.32 Å². The highest BCUT2D eigenvalue weighted by Crippen LogP contribution is 2.30. The fraction of sp³-hybridized carbons (Fsp3) is 0.750. The first-order valence-electron chi connectivity index (χ1n) is 8.09. The van der Waals surface area contributed by atoms with Gasteiger partial charge in [0.15, 0.2) is 5.13 Å². The molecule has 0 unspecified atom stereocenters. The molecule has 1 N–H and O–H groups in total. The van der Waals surface area contributed by atoms with E-state index in [9.17, 15) is 4.79 Å². The van der Waals surface area contributed by atoms with E-state index >= 15 is 0 Å². The van der Waals surface area contributed by atoms with Crippen molar-refractivity contribution in [2.24, 2.45) is 5.92 Å². The molecule has 1 amide bonds. The highest BCUT2D eigenvalue weighted by Gasteiger charge is 2.18. The maximum atomic E-state index is 12.0. The number of amides is 1.